The Bertz CT molecular complexity index is 1300. The van der Waals surface area contributed by atoms with E-state index in [0.717, 1.165) is 11.1 Å². The average molecular weight is 438 g/mol. The summed E-state index contributed by atoms with van der Waals surface area (Å²) in [6.45, 7) is 0.516. The first-order valence-corrected chi connectivity index (χ1v) is 10.1. The summed E-state index contributed by atoms with van der Waals surface area (Å²) in [6, 6.07) is 22.7. The van der Waals surface area contributed by atoms with Gasteiger partial charge in [0.1, 0.15) is 25.4 Å². The van der Waals surface area contributed by atoms with Crippen LogP contribution in [0.15, 0.2) is 90.3 Å². The lowest BCUT2D eigenvalue weighted by Crippen LogP contribution is -2.04. The number of imidazole rings is 1. The van der Waals surface area contributed by atoms with Crippen LogP contribution in [0, 0.1) is 22.7 Å². The van der Waals surface area contributed by atoms with Gasteiger partial charge in [-0.05, 0) is 17.2 Å². The quantitative estimate of drug-likeness (QED) is 0.493. The predicted octanol–water partition coefficient (Wildman–Crippen LogP) is 3.71. The maximum atomic E-state index is 12.6. The highest BCUT2D eigenvalue weighted by molar-refractivity contribution is 5.91. The van der Waals surface area contributed by atoms with Gasteiger partial charge in [0.05, 0.1) is 6.33 Å². The van der Waals surface area contributed by atoms with Gasteiger partial charge in [0.15, 0.2) is 17.1 Å². The van der Waals surface area contributed by atoms with Crippen LogP contribution in [0.4, 0.5) is 0 Å². The van der Waals surface area contributed by atoms with Gasteiger partial charge in [-0.1, -0.05) is 60.7 Å². The summed E-state index contributed by atoms with van der Waals surface area (Å²) in [6.07, 6.45) is 2.97. The molecule has 33 heavy (non-hydrogen) atoms. The first-order valence-electron chi connectivity index (χ1n) is 10.1. The van der Waals surface area contributed by atoms with Gasteiger partial charge in [0.2, 0.25) is 5.76 Å². The number of carbonyl (C=O) groups excluding carboxylic acids is 1. The lowest BCUT2D eigenvalue weighted by atomic mass is 10.2. The third-order valence-corrected chi connectivity index (χ3v) is 4.79. The van der Waals surface area contributed by atoms with Gasteiger partial charge in [0.25, 0.3) is 5.76 Å². The Kier molecular flexibility index (Phi) is 6.48. The number of hydrogen-bond donors (Lipinski definition) is 0. The predicted molar refractivity (Wildman–Crippen MR) is 115 cm³/mol. The van der Waals surface area contributed by atoms with E-state index in [1.54, 1.807) is 6.08 Å². The number of esters is 1. The second kappa shape index (κ2) is 9.99. The number of allylic oxidation sites excluding steroid dienone is 1. The van der Waals surface area contributed by atoms with Crippen molar-refractivity contribution in [2.45, 2.75) is 19.8 Å². The number of cyclic esters (lactones) is 1. The van der Waals surface area contributed by atoms with Gasteiger partial charge in [-0.2, -0.15) is 10.5 Å². The summed E-state index contributed by atoms with van der Waals surface area (Å²) in [4.78, 5) is 16.5. The fourth-order valence-corrected chi connectivity index (χ4v) is 3.15. The Morgan fingerprint density at radius 3 is 2.09 bits per heavy atom. The maximum Gasteiger partial charge on any atom is 0.383 e. The second-order valence-corrected chi connectivity index (χ2v) is 6.98. The van der Waals surface area contributed by atoms with E-state index in [-0.39, 0.29) is 48.4 Å². The van der Waals surface area contributed by atoms with E-state index in [0.29, 0.717) is 0 Å². The van der Waals surface area contributed by atoms with Crippen LogP contribution in [0.1, 0.15) is 22.5 Å². The largest absolute Gasteiger partial charge is 0.481 e. The molecule has 3 aromatic rings. The van der Waals surface area contributed by atoms with Gasteiger partial charge < -0.3 is 18.8 Å². The van der Waals surface area contributed by atoms with Crippen molar-refractivity contribution in [2.75, 3.05) is 0 Å². The molecule has 1 aliphatic rings. The molecule has 162 valence electrons. The van der Waals surface area contributed by atoms with Crippen molar-refractivity contribution < 1.29 is 19.0 Å². The minimum absolute atomic E-state index is 0.0233. The Labute approximate surface area is 190 Å². The fraction of sp³-hybridized carbons (Fsp3) is 0.120. The lowest BCUT2D eigenvalue weighted by Gasteiger charge is -2.10. The van der Waals surface area contributed by atoms with Crippen LogP contribution in [0.2, 0.25) is 0 Å². The highest BCUT2D eigenvalue weighted by atomic mass is 16.6. The van der Waals surface area contributed by atoms with Crippen molar-refractivity contribution in [3.8, 4) is 12.1 Å². The van der Waals surface area contributed by atoms with Gasteiger partial charge >= 0.3 is 5.97 Å². The monoisotopic (exact) mass is 438 g/mol. The zero-order valence-corrected chi connectivity index (χ0v) is 17.5. The Morgan fingerprint density at radius 1 is 0.909 bits per heavy atom. The number of rotatable bonds is 8. The first-order chi connectivity index (χ1) is 16.2. The van der Waals surface area contributed by atoms with E-state index in [9.17, 15) is 10.1 Å². The molecule has 0 atom stereocenters. The minimum atomic E-state index is -0.663. The van der Waals surface area contributed by atoms with Crippen molar-refractivity contribution in [1.82, 2.24) is 9.55 Å². The Balaban J connectivity index is 1.60. The van der Waals surface area contributed by atoms with Crippen LogP contribution in [0.5, 0.6) is 0 Å². The van der Waals surface area contributed by atoms with Crippen LogP contribution in [0.3, 0.4) is 0 Å². The average Bonchev–Trinajstić information content (AvgIpc) is 3.40. The smallest absolute Gasteiger partial charge is 0.383 e. The molecule has 0 unspecified atom stereocenters. The van der Waals surface area contributed by atoms with Crippen LogP contribution < -0.4 is 0 Å². The van der Waals surface area contributed by atoms with E-state index in [2.05, 4.69) is 4.98 Å². The van der Waals surface area contributed by atoms with Crippen LogP contribution in [-0.2, 0) is 38.8 Å². The van der Waals surface area contributed by atoms with E-state index >= 15 is 0 Å². The van der Waals surface area contributed by atoms with Gasteiger partial charge in [-0.25, -0.2) is 9.78 Å². The molecule has 0 amide bonds. The Morgan fingerprint density at radius 2 is 1.52 bits per heavy atom. The number of benzene rings is 2. The molecule has 0 fully saturated rings. The molecule has 1 aromatic heterocycles. The molecule has 8 nitrogen and oxygen atoms in total. The second-order valence-electron chi connectivity index (χ2n) is 6.98. The van der Waals surface area contributed by atoms with Crippen molar-refractivity contribution in [2.24, 2.45) is 0 Å². The van der Waals surface area contributed by atoms with Gasteiger partial charge in [0, 0.05) is 6.54 Å². The van der Waals surface area contributed by atoms with Crippen molar-refractivity contribution in [1.29, 1.82) is 10.5 Å². The van der Waals surface area contributed by atoms with Crippen LogP contribution in [-0.4, -0.2) is 15.5 Å². The molecule has 2 aromatic carbocycles. The molecule has 0 bridgehead atoms. The summed E-state index contributed by atoms with van der Waals surface area (Å²) < 4.78 is 18.6. The van der Waals surface area contributed by atoms with Gasteiger partial charge in [-0.15, -0.1) is 0 Å². The third kappa shape index (κ3) is 4.92. The standard InChI is InChI=1S/C25H18N4O4/c26-13-20-21(14-27)29(17-28-20)12-11-22-23(31-15-18-7-3-1-4-8-18)24(25(30)33-22)32-16-19-9-5-2-6-10-19/h1-11,17H,12,15-16H2/b22-11-. The number of nitrogens with zero attached hydrogens (tertiary/aromatic N) is 4. The first kappa shape index (κ1) is 21.4. The van der Waals surface area contributed by atoms with E-state index in [1.807, 2.05) is 72.8 Å². The third-order valence-electron chi connectivity index (χ3n) is 4.79. The molecule has 2 heterocycles. The van der Waals surface area contributed by atoms with Crippen molar-refractivity contribution >= 4 is 5.97 Å². The topological polar surface area (TPSA) is 110 Å². The number of aromatic nitrogens is 2. The highest BCUT2D eigenvalue weighted by Gasteiger charge is 2.34. The molecule has 1 aliphatic heterocycles. The zero-order chi connectivity index (χ0) is 23.0. The molecule has 0 spiro atoms. The van der Waals surface area contributed by atoms with Crippen molar-refractivity contribution in [3.05, 3.63) is 113 Å². The molecule has 0 N–H and O–H groups in total. The minimum Gasteiger partial charge on any atom is -0.481 e. The van der Waals surface area contributed by atoms with E-state index < -0.39 is 5.97 Å². The Hall–Kier alpha value is -4.82. The number of hydrogen-bond acceptors (Lipinski definition) is 7. The highest BCUT2D eigenvalue weighted by Crippen LogP contribution is 2.30. The molecule has 0 saturated heterocycles. The summed E-state index contributed by atoms with van der Waals surface area (Å²) in [5, 5.41) is 18.4. The molecule has 0 saturated carbocycles. The molecule has 0 radical (unpaired) electrons. The summed E-state index contributed by atoms with van der Waals surface area (Å²) >= 11 is 0. The molecule has 4 rings (SSSR count). The molecule has 0 aliphatic carbocycles. The van der Waals surface area contributed by atoms with Crippen LogP contribution in [0.25, 0.3) is 0 Å². The van der Waals surface area contributed by atoms with Crippen LogP contribution >= 0.6 is 0 Å². The summed E-state index contributed by atoms with van der Waals surface area (Å²) in [5.41, 5.74) is 1.95. The lowest BCUT2D eigenvalue weighted by molar-refractivity contribution is -0.136. The molecular weight excluding hydrogens is 420 g/mol. The van der Waals surface area contributed by atoms with Gasteiger partial charge in [-0.3, -0.25) is 0 Å². The number of ether oxygens (including phenoxy) is 3. The van der Waals surface area contributed by atoms with E-state index in [1.165, 1.54) is 10.9 Å². The number of nitriles is 2. The summed E-state index contributed by atoms with van der Waals surface area (Å²) in [7, 11) is 0. The maximum absolute atomic E-state index is 12.6. The number of carbonyl (C=O) groups is 1. The molecular formula is C25H18N4O4. The zero-order valence-electron chi connectivity index (χ0n) is 17.5. The fourth-order valence-electron chi connectivity index (χ4n) is 3.15. The normalized spacial score (nSPS) is 14.0. The van der Waals surface area contributed by atoms with Crippen molar-refractivity contribution in [3.63, 3.8) is 0 Å². The SMILES string of the molecule is N#Cc1ncn(C/C=C2\OC(=O)C(OCc3ccccc3)=C2OCc2ccccc2)c1C#N. The molecule has 8 heteroatoms. The van der Waals surface area contributed by atoms with E-state index in [4.69, 9.17) is 19.5 Å². The summed E-state index contributed by atoms with van der Waals surface area (Å²) in [5.74, 6) is -0.331.